The number of anilines is 1. The molecule has 0 amide bonds. The zero-order chi connectivity index (χ0) is 12.0. The van der Waals surface area contributed by atoms with E-state index in [0.29, 0.717) is 18.8 Å². The normalized spacial score (nSPS) is 9.88. The minimum absolute atomic E-state index is 0.0651. The summed E-state index contributed by atoms with van der Waals surface area (Å²) >= 11 is 0. The summed E-state index contributed by atoms with van der Waals surface area (Å²) in [5.74, 6) is -0.179. The second-order valence-electron chi connectivity index (χ2n) is 3.31. The van der Waals surface area contributed by atoms with E-state index < -0.39 is 5.97 Å². The molecule has 5 heteroatoms. The smallest absolute Gasteiger partial charge is 0.323 e. The topological polar surface area (TPSA) is 75.8 Å². The summed E-state index contributed by atoms with van der Waals surface area (Å²) in [6.07, 6.45) is 0. The van der Waals surface area contributed by atoms with Gasteiger partial charge in [-0.25, -0.2) is 0 Å². The number of hydrogen-bond acceptors (Lipinski definition) is 4. The zero-order valence-electron chi connectivity index (χ0n) is 9.22. The van der Waals surface area contributed by atoms with Gasteiger partial charge in [-0.15, -0.1) is 0 Å². The SMILES string of the molecule is COc1cccc(N(CCN)CC(=O)O)c1. The lowest BCUT2D eigenvalue weighted by atomic mass is 10.2. The van der Waals surface area contributed by atoms with Crippen LogP contribution >= 0.6 is 0 Å². The number of nitrogens with zero attached hydrogens (tertiary/aromatic N) is 1. The second kappa shape index (κ2) is 5.97. The Morgan fingerprint density at radius 3 is 2.88 bits per heavy atom. The van der Waals surface area contributed by atoms with Crippen LogP contribution in [0.2, 0.25) is 0 Å². The molecule has 0 aliphatic rings. The summed E-state index contributed by atoms with van der Waals surface area (Å²) in [5.41, 5.74) is 6.25. The Balaban J connectivity index is 2.86. The largest absolute Gasteiger partial charge is 0.497 e. The van der Waals surface area contributed by atoms with Crippen LogP contribution in [-0.2, 0) is 4.79 Å². The van der Waals surface area contributed by atoms with Crippen molar-refractivity contribution in [2.45, 2.75) is 0 Å². The first-order valence-corrected chi connectivity index (χ1v) is 4.98. The van der Waals surface area contributed by atoms with E-state index in [1.54, 1.807) is 18.1 Å². The highest BCUT2D eigenvalue weighted by Crippen LogP contribution is 2.20. The van der Waals surface area contributed by atoms with Gasteiger partial charge in [0.1, 0.15) is 12.3 Å². The molecule has 0 aliphatic carbocycles. The minimum Gasteiger partial charge on any atom is -0.497 e. The predicted octanol–water partition coefficient (Wildman–Crippen LogP) is 0.545. The van der Waals surface area contributed by atoms with Crippen LogP contribution in [0.4, 0.5) is 5.69 Å². The van der Waals surface area contributed by atoms with E-state index in [2.05, 4.69) is 0 Å². The zero-order valence-corrected chi connectivity index (χ0v) is 9.22. The molecule has 1 aromatic carbocycles. The Bertz CT molecular complexity index is 355. The van der Waals surface area contributed by atoms with Gasteiger partial charge in [-0.3, -0.25) is 4.79 Å². The van der Waals surface area contributed by atoms with Crippen molar-refractivity contribution in [3.05, 3.63) is 24.3 Å². The Hall–Kier alpha value is -1.75. The molecule has 0 aromatic heterocycles. The fourth-order valence-corrected chi connectivity index (χ4v) is 1.43. The maximum absolute atomic E-state index is 10.7. The molecule has 0 spiro atoms. The quantitative estimate of drug-likeness (QED) is 0.737. The van der Waals surface area contributed by atoms with Gasteiger partial charge in [0.05, 0.1) is 7.11 Å². The fraction of sp³-hybridized carbons (Fsp3) is 0.364. The monoisotopic (exact) mass is 224 g/mol. The Morgan fingerprint density at radius 1 is 1.56 bits per heavy atom. The van der Waals surface area contributed by atoms with Crippen LogP contribution in [0.3, 0.4) is 0 Å². The molecule has 3 N–H and O–H groups in total. The van der Waals surface area contributed by atoms with E-state index in [1.807, 2.05) is 18.2 Å². The van der Waals surface area contributed by atoms with Gasteiger partial charge in [-0.2, -0.15) is 0 Å². The molecule has 0 saturated carbocycles. The van der Waals surface area contributed by atoms with E-state index in [9.17, 15) is 4.79 Å². The number of carbonyl (C=O) groups is 1. The van der Waals surface area contributed by atoms with Crippen molar-refractivity contribution in [2.75, 3.05) is 31.6 Å². The first-order valence-electron chi connectivity index (χ1n) is 4.98. The van der Waals surface area contributed by atoms with Gasteiger partial charge in [-0.05, 0) is 12.1 Å². The average molecular weight is 224 g/mol. The van der Waals surface area contributed by atoms with Gasteiger partial charge in [0.25, 0.3) is 0 Å². The molecule has 1 rings (SSSR count). The lowest BCUT2D eigenvalue weighted by Gasteiger charge is -2.22. The van der Waals surface area contributed by atoms with E-state index >= 15 is 0 Å². The van der Waals surface area contributed by atoms with Gasteiger partial charge in [-0.1, -0.05) is 6.07 Å². The molecule has 0 bridgehead atoms. The van der Waals surface area contributed by atoms with Gasteiger partial charge in [0, 0.05) is 24.8 Å². The summed E-state index contributed by atoms with van der Waals surface area (Å²) in [6, 6.07) is 7.25. The summed E-state index contributed by atoms with van der Waals surface area (Å²) < 4.78 is 5.08. The molecule has 5 nitrogen and oxygen atoms in total. The number of hydrogen-bond donors (Lipinski definition) is 2. The first kappa shape index (κ1) is 12.3. The third-order valence-corrected chi connectivity index (χ3v) is 2.14. The summed E-state index contributed by atoms with van der Waals surface area (Å²) in [4.78, 5) is 12.4. The van der Waals surface area contributed by atoms with Gasteiger partial charge in [0.2, 0.25) is 0 Å². The number of nitrogens with two attached hydrogens (primary N) is 1. The summed E-state index contributed by atoms with van der Waals surface area (Å²) in [7, 11) is 1.57. The molecule has 0 fully saturated rings. The van der Waals surface area contributed by atoms with Crippen molar-refractivity contribution in [2.24, 2.45) is 5.73 Å². The summed E-state index contributed by atoms with van der Waals surface area (Å²) in [6.45, 7) is 0.842. The molecular weight excluding hydrogens is 208 g/mol. The maximum Gasteiger partial charge on any atom is 0.323 e. The number of ether oxygens (including phenoxy) is 1. The second-order valence-corrected chi connectivity index (χ2v) is 3.31. The van der Waals surface area contributed by atoms with Crippen LogP contribution in [0.5, 0.6) is 5.75 Å². The molecule has 0 radical (unpaired) electrons. The highest BCUT2D eigenvalue weighted by Gasteiger charge is 2.10. The number of carboxylic acid groups (broad SMARTS) is 1. The Morgan fingerprint density at radius 2 is 2.31 bits per heavy atom. The first-order chi connectivity index (χ1) is 7.67. The number of methoxy groups -OCH3 is 1. The van der Waals surface area contributed by atoms with Crippen LogP contribution in [-0.4, -0.2) is 37.8 Å². The molecular formula is C11H16N2O3. The molecule has 16 heavy (non-hydrogen) atoms. The highest BCUT2D eigenvalue weighted by atomic mass is 16.5. The van der Waals surface area contributed by atoms with Crippen molar-refractivity contribution >= 4 is 11.7 Å². The third kappa shape index (κ3) is 3.43. The fourth-order valence-electron chi connectivity index (χ4n) is 1.43. The Labute approximate surface area is 94.4 Å². The van der Waals surface area contributed by atoms with Crippen molar-refractivity contribution in [1.82, 2.24) is 0 Å². The highest BCUT2D eigenvalue weighted by molar-refractivity contribution is 5.74. The lowest BCUT2D eigenvalue weighted by molar-refractivity contribution is -0.135. The number of rotatable bonds is 6. The van der Waals surface area contributed by atoms with Crippen molar-refractivity contribution in [1.29, 1.82) is 0 Å². The van der Waals surface area contributed by atoms with E-state index in [1.165, 1.54) is 0 Å². The molecule has 88 valence electrons. The van der Waals surface area contributed by atoms with Gasteiger partial charge in [0.15, 0.2) is 0 Å². The molecule has 0 heterocycles. The Kier molecular flexibility index (Phi) is 4.60. The van der Waals surface area contributed by atoms with Crippen molar-refractivity contribution in [3.63, 3.8) is 0 Å². The number of carboxylic acids is 1. The van der Waals surface area contributed by atoms with E-state index in [4.69, 9.17) is 15.6 Å². The summed E-state index contributed by atoms with van der Waals surface area (Å²) in [5, 5.41) is 8.78. The average Bonchev–Trinajstić information content (AvgIpc) is 2.28. The molecule has 1 aromatic rings. The standard InChI is InChI=1S/C11H16N2O3/c1-16-10-4-2-3-9(7-10)13(6-5-12)8-11(14)15/h2-4,7H,5-6,8,12H2,1H3,(H,14,15). The third-order valence-electron chi connectivity index (χ3n) is 2.14. The number of aliphatic carboxylic acids is 1. The maximum atomic E-state index is 10.7. The molecule has 0 aliphatic heterocycles. The van der Waals surface area contributed by atoms with E-state index in [-0.39, 0.29) is 6.54 Å². The van der Waals surface area contributed by atoms with Gasteiger partial charge >= 0.3 is 5.97 Å². The minimum atomic E-state index is -0.878. The molecule has 0 saturated heterocycles. The van der Waals surface area contributed by atoms with Crippen molar-refractivity contribution < 1.29 is 14.6 Å². The lowest BCUT2D eigenvalue weighted by Crippen LogP contribution is -2.34. The predicted molar refractivity (Wildman–Crippen MR) is 61.9 cm³/mol. The molecule has 0 unspecified atom stereocenters. The van der Waals surface area contributed by atoms with Crippen LogP contribution in [0.1, 0.15) is 0 Å². The number of benzene rings is 1. The van der Waals surface area contributed by atoms with Gasteiger partial charge < -0.3 is 20.5 Å². The van der Waals surface area contributed by atoms with E-state index in [0.717, 1.165) is 5.69 Å². The van der Waals surface area contributed by atoms with Crippen molar-refractivity contribution in [3.8, 4) is 5.75 Å². The van der Waals surface area contributed by atoms with Crippen LogP contribution in [0.15, 0.2) is 24.3 Å². The molecule has 0 atom stereocenters. The van der Waals surface area contributed by atoms with Crippen LogP contribution in [0.25, 0.3) is 0 Å². The van der Waals surface area contributed by atoms with Crippen LogP contribution in [0, 0.1) is 0 Å². The van der Waals surface area contributed by atoms with Crippen LogP contribution < -0.4 is 15.4 Å².